The molecule has 0 bridgehead atoms. The minimum atomic E-state index is -0.487. The van der Waals surface area contributed by atoms with E-state index in [0.717, 1.165) is 72.3 Å². The molecule has 0 saturated heterocycles. The van der Waals surface area contributed by atoms with Crippen molar-refractivity contribution in [2.24, 2.45) is 21.5 Å². The molecule has 9 nitrogen and oxygen atoms in total. The zero-order valence-corrected chi connectivity index (χ0v) is 21.1. The van der Waals surface area contributed by atoms with E-state index in [-0.39, 0.29) is 5.96 Å². The number of hydrogen-bond donors (Lipinski definition) is 2. The number of aliphatic imine (C=N–C) groups is 2. The Morgan fingerprint density at radius 2 is 1.54 bits per heavy atom. The molecule has 1 aliphatic heterocycles. The largest absolute Gasteiger partial charge is 0.372 e. The summed E-state index contributed by atoms with van der Waals surface area (Å²) in [5.74, 6) is 0.644. The van der Waals surface area contributed by atoms with Gasteiger partial charge >= 0.3 is 0 Å². The van der Waals surface area contributed by atoms with Crippen molar-refractivity contribution in [2.75, 3.05) is 22.9 Å². The summed E-state index contributed by atoms with van der Waals surface area (Å²) >= 11 is 0. The van der Waals surface area contributed by atoms with Crippen LogP contribution in [-0.2, 0) is 0 Å². The fraction of sp³-hybridized carbons (Fsp3) is 0.462. The quantitative estimate of drug-likeness (QED) is 0.579. The number of nitrogens with two attached hydrogens (primary N) is 2. The standard InChI is InChI=1S/C26H35N9/c1-5-33(6-2)19-10-11-22(17(3)14-19)35-31-20-15-18(4)23(16-21(20)32-35)34-25(28)29-24(27)30-26(34)12-8-7-9-13-26/h10-11,14-16H,5-9,12-13H2,1-4H3,(H4,27,28,29,30). The lowest BCUT2D eigenvalue weighted by molar-refractivity contribution is 0.305. The highest BCUT2D eigenvalue weighted by Crippen LogP contribution is 2.41. The number of guanidine groups is 2. The average Bonchev–Trinajstić information content (AvgIpc) is 3.22. The zero-order valence-electron chi connectivity index (χ0n) is 21.1. The maximum absolute atomic E-state index is 6.47. The number of hydrogen-bond acceptors (Lipinski definition) is 8. The summed E-state index contributed by atoms with van der Waals surface area (Å²) in [6.07, 6.45) is 5.15. The molecule has 4 N–H and O–H groups in total. The van der Waals surface area contributed by atoms with E-state index in [4.69, 9.17) is 26.7 Å². The topological polar surface area (TPSA) is 114 Å². The molecule has 0 atom stereocenters. The van der Waals surface area contributed by atoms with Gasteiger partial charge < -0.3 is 16.4 Å². The Balaban J connectivity index is 1.56. The van der Waals surface area contributed by atoms with Gasteiger partial charge in [0.1, 0.15) is 16.7 Å². The van der Waals surface area contributed by atoms with Crippen LogP contribution in [0.15, 0.2) is 40.3 Å². The summed E-state index contributed by atoms with van der Waals surface area (Å²) in [4.78, 5) is 15.3. The molecule has 1 fully saturated rings. The predicted octanol–water partition coefficient (Wildman–Crippen LogP) is 3.99. The first-order chi connectivity index (χ1) is 16.8. The van der Waals surface area contributed by atoms with E-state index in [1.165, 1.54) is 12.1 Å². The summed E-state index contributed by atoms with van der Waals surface area (Å²) in [7, 11) is 0. The highest BCUT2D eigenvalue weighted by atomic mass is 15.5. The lowest BCUT2D eigenvalue weighted by atomic mass is 9.87. The van der Waals surface area contributed by atoms with Gasteiger partial charge in [-0.25, -0.2) is 4.99 Å². The lowest BCUT2D eigenvalue weighted by Gasteiger charge is -2.46. The summed E-state index contributed by atoms with van der Waals surface area (Å²) in [5.41, 5.74) is 19.0. The molecule has 0 amide bonds. The number of anilines is 2. The number of aromatic nitrogens is 3. The van der Waals surface area contributed by atoms with Crippen LogP contribution in [0.25, 0.3) is 16.7 Å². The molecule has 5 rings (SSSR count). The Labute approximate surface area is 206 Å². The Bertz CT molecular complexity index is 1310. The van der Waals surface area contributed by atoms with E-state index in [2.05, 4.69) is 72.8 Å². The van der Waals surface area contributed by atoms with Gasteiger partial charge in [-0.15, -0.1) is 10.2 Å². The minimum absolute atomic E-state index is 0.258. The number of fused-ring (bicyclic) bond motifs is 1. The van der Waals surface area contributed by atoms with E-state index >= 15 is 0 Å². The number of rotatable bonds is 5. The first-order valence-electron chi connectivity index (χ1n) is 12.6. The smallest absolute Gasteiger partial charge is 0.220 e. The van der Waals surface area contributed by atoms with Crippen molar-refractivity contribution in [3.05, 3.63) is 41.5 Å². The maximum atomic E-state index is 6.47. The van der Waals surface area contributed by atoms with Gasteiger partial charge in [-0.05, 0) is 94.8 Å². The van der Waals surface area contributed by atoms with Crippen LogP contribution < -0.4 is 21.3 Å². The Kier molecular flexibility index (Phi) is 5.86. The number of aryl methyl sites for hydroxylation is 2. The van der Waals surface area contributed by atoms with Crippen molar-refractivity contribution in [2.45, 2.75) is 65.5 Å². The molecule has 0 unspecified atom stereocenters. The molecule has 1 aliphatic carbocycles. The Morgan fingerprint density at radius 3 is 2.20 bits per heavy atom. The fourth-order valence-electron chi connectivity index (χ4n) is 5.52. The van der Waals surface area contributed by atoms with Crippen molar-refractivity contribution >= 4 is 34.3 Å². The SMILES string of the molecule is CCN(CC)c1ccc(-n2nc3cc(C)c(N4C(N)=NC(N)=NC45CCCCC5)cc3n2)c(C)c1. The third kappa shape index (κ3) is 3.98. The van der Waals surface area contributed by atoms with Crippen molar-refractivity contribution in [1.29, 1.82) is 0 Å². The average molecular weight is 474 g/mol. The molecule has 9 heteroatoms. The monoisotopic (exact) mass is 473 g/mol. The lowest BCUT2D eigenvalue weighted by Crippen LogP contribution is -2.58. The van der Waals surface area contributed by atoms with Crippen molar-refractivity contribution in [3.8, 4) is 5.69 Å². The van der Waals surface area contributed by atoms with E-state index in [1.54, 1.807) is 4.80 Å². The van der Waals surface area contributed by atoms with Crippen LogP contribution in [0.5, 0.6) is 0 Å². The van der Waals surface area contributed by atoms with E-state index in [9.17, 15) is 0 Å². The van der Waals surface area contributed by atoms with Crippen LogP contribution in [0, 0.1) is 13.8 Å². The van der Waals surface area contributed by atoms with Crippen molar-refractivity contribution in [1.82, 2.24) is 15.0 Å². The normalized spacial score (nSPS) is 17.5. The zero-order chi connectivity index (χ0) is 24.7. The molecule has 2 aromatic carbocycles. The molecule has 1 saturated carbocycles. The van der Waals surface area contributed by atoms with Gasteiger partial charge in [-0.1, -0.05) is 6.42 Å². The molecule has 1 spiro atoms. The number of benzene rings is 2. The fourth-order valence-corrected chi connectivity index (χ4v) is 5.52. The third-order valence-corrected chi connectivity index (χ3v) is 7.31. The Hall–Kier alpha value is -3.62. The van der Waals surface area contributed by atoms with E-state index < -0.39 is 5.66 Å². The van der Waals surface area contributed by atoms with Crippen LogP contribution in [0.4, 0.5) is 11.4 Å². The maximum Gasteiger partial charge on any atom is 0.220 e. The molecular weight excluding hydrogens is 438 g/mol. The molecule has 35 heavy (non-hydrogen) atoms. The van der Waals surface area contributed by atoms with Gasteiger partial charge in [-0.3, -0.25) is 4.90 Å². The third-order valence-electron chi connectivity index (χ3n) is 7.31. The van der Waals surface area contributed by atoms with Gasteiger partial charge in [0.15, 0.2) is 0 Å². The van der Waals surface area contributed by atoms with Gasteiger partial charge in [0, 0.05) is 18.8 Å². The van der Waals surface area contributed by atoms with Gasteiger partial charge in [0.05, 0.1) is 11.4 Å². The predicted molar refractivity (Wildman–Crippen MR) is 143 cm³/mol. The first kappa shape index (κ1) is 23.1. The van der Waals surface area contributed by atoms with Crippen LogP contribution in [0.1, 0.15) is 57.1 Å². The molecular formula is C26H35N9. The van der Waals surface area contributed by atoms with Crippen LogP contribution in [0.3, 0.4) is 0 Å². The van der Waals surface area contributed by atoms with Crippen molar-refractivity contribution in [3.63, 3.8) is 0 Å². The highest BCUT2D eigenvalue weighted by Gasteiger charge is 2.43. The molecule has 0 radical (unpaired) electrons. The van der Waals surface area contributed by atoms with Gasteiger partial charge in [0.2, 0.25) is 11.9 Å². The van der Waals surface area contributed by atoms with E-state index in [1.807, 2.05) is 0 Å². The summed E-state index contributed by atoms with van der Waals surface area (Å²) in [5, 5.41) is 9.66. The first-order valence-corrected chi connectivity index (χ1v) is 12.6. The van der Waals surface area contributed by atoms with Crippen LogP contribution in [0.2, 0.25) is 0 Å². The molecule has 2 heterocycles. The van der Waals surface area contributed by atoms with Crippen LogP contribution in [-0.4, -0.2) is 45.7 Å². The second-order valence-electron chi connectivity index (χ2n) is 9.58. The number of nitrogens with zero attached hydrogens (tertiary/aromatic N) is 7. The second-order valence-corrected chi connectivity index (χ2v) is 9.58. The minimum Gasteiger partial charge on any atom is -0.372 e. The summed E-state index contributed by atoms with van der Waals surface area (Å²) in [6, 6.07) is 10.6. The second kappa shape index (κ2) is 8.87. The summed E-state index contributed by atoms with van der Waals surface area (Å²) in [6.45, 7) is 10.5. The Morgan fingerprint density at radius 1 is 0.886 bits per heavy atom. The van der Waals surface area contributed by atoms with Crippen molar-refractivity contribution < 1.29 is 0 Å². The summed E-state index contributed by atoms with van der Waals surface area (Å²) < 4.78 is 0. The molecule has 184 valence electrons. The molecule has 1 aromatic heterocycles. The van der Waals surface area contributed by atoms with Gasteiger partial charge in [0.25, 0.3) is 0 Å². The van der Waals surface area contributed by atoms with Gasteiger partial charge in [-0.2, -0.15) is 9.79 Å². The van der Waals surface area contributed by atoms with E-state index in [0.29, 0.717) is 5.96 Å². The van der Waals surface area contributed by atoms with Crippen LogP contribution >= 0.6 is 0 Å². The molecule has 3 aromatic rings. The highest BCUT2D eigenvalue weighted by molar-refractivity contribution is 6.06. The molecule has 2 aliphatic rings.